The first-order valence-electron chi connectivity index (χ1n) is 11.4. The Morgan fingerprint density at radius 1 is 1.03 bits per heavy atom. The number of imidazole rings is 1. The second-order valence-electron chi connectivity index (χ2n) is 8.58. The van der Waals surface area contributed by atoms with Gasteiger partial charge in [0.15, 0.2) is 11.0 Å². The highest BCUT2D eigenvalue weighted by atomic mass is 35.5. The number of halogens is 1. The monoisotopic (exact) mass is 486 g/mol. The Hall–Kier alpha value is -3.16. The Kier molecular flexibility index (Phi) is 5.59. The number of thioether (sulfide) groups is 1. The lowest BCUT2D eigenvalue weighted by Crippen LogP contribution is -2.08. The van der Waals surface area contributed by atoms with Crippen LogP contribution in [-0.2, 0) is 6.54 Å². The predicted octanol–water partition coefficient (Wildman–Crippen LogP) is 6.58. The van der Waals surface area contributed by atoms with Crippen LogP contribution in [0, 0.1) is 0 Å². The molecule has 3 heterocycles. The molecule has 6 nitrogen and oxygen atoms in total. The molecule has 1 aliphatic rings. The number of aromatic nitrogens is 6. The fourth-order valence-corrected chi connectivity index (χ4v) is 5.50. The van der Waals surface area contributed by atoms with Crippen LogP contribution in [0.4, 0.5) is 0 Å². The van der Waals surface area contributed by atoms with Gasteiger partial charge in [0.1, 0.15) is 5.82 Å². The first kappa shape index (κ1) is 21.4. The van der Waals surface area contributed by atoms with E-state index in [9.17, 15) is 0 Å². The van der Waals surface area contributed by atoms with E-state index in [1.165, 1.54) is 5.56 Å². The molecule has 1 unspecified atom stereocenters. The minimum absolute atomic E-state index is 0.0712. The molecule has 6 rings (SSSR count). The molecule has 5 aromatic rings. The van der Waals surface area contributed by atoms with E-state index in [0.717, 1.165) is 52.8 Å². The Balaban J connectivity index is 1.38. The third-order valence-electron chi connectivity index (χ3n) is 6.08. The molecule has 0 radical (unpaired) electrons. The van der Waals surface area contributed by atoms with Gasteiger partial charge >= 0.3 is 0 Å². The van der Waals surface area contributed by atoms with E-state index in [2.05, 4.69) is 61.6 Å². The topological polar surface area (TPSA) is 61.4 Å². The lowest BCUT2D eigenvalue weighted by Gasteiger charge is -2.15. The number of hydrogen-bond acceptors (Lipinski definition) is 5. The molecule has 0 N–H and O–H groups in total. The van der Waals surface area contributed by atoms with Crippen LogP contribution in [0.5, 0.6) is 0 Å². The zero-order chi connectivity index (χ0) is 23.1. The van der Waals surface area contributed by atoms with Crippen LogP contribution >= 0.6 is 23.4 Å². The van der Waals surface area contributed by atoms with E-state index < -0.39 is 0 Å². The number of rotatable bonds is 7. The summed E-state index contributed by atoms with van der Waals surface area (Å²) < 4.78 is 4.58. The zero-order valence-corrected chi connectivity index (χ0v) is 20.2. The highest BCUT2D eigenvalue weighted by Crippen LogP contribution is 2.44. The highest BCUT2D eigenvalue weighted by molar-refractivity contribution is 7.99. The fourth-order valence-electron chi connectivity index (χ4n) is 4.29. The van der Waals surface area contributed by atoms with Gasteiger partial charge in [-0.1, -0.05) is 53.7 Å². The molecule has 0 aliphatic heterocycles. The van der Waals surface area contributed by atoms with Crippen molar-refractivity contribution in [3.8, 4) is 11.4 Å². The van der Waals surface area contributed by atoms with Gasteiger partial charge in [-0.15, -0.1) is 10.2 Å². The number of pyridine rings is 1. The van der Waals surface area contributed by atoms with Gasteiger partial charge in [-0.05, 0) is 55.7 Å². The van der Waals surface area contributed by atoms with Crippen molar-refractivity contribution in [2.24, 2.45) is 0 Å². The second-order valence-corrected chi connectivity index (χ2v) is 10.3. The summed E-state index contributed by atoms with van der Waals surface area (Å²) in [5.41, 5.74) is 4.26. The molecule has 1 saturated carbocycles. The fraction of sp³-hybridized carbons (Fsp3) is 0.231. The molecule has 170 valence electrons. The van der Waals surface area contributed by atoms with Gasteiger partial charge in [-0.25, -0.2) is 4.98 Å². The van der Waals surface area contributed by atoms with Crippen molar-refractivity contribution < 1.29 is 0 Å². The van der Waals surface area contributed by atoms with Gasteiger partial charge < -0.3 is 4.57 Å². The van der Waals surface area contributed by atoms with Gasteiger partial charge in [0.25, 0.3) is 0 Å². The summed E-state index contributed by atoms with van der Waals surface area (Å²) in [6.45, 7) is 2.93. The first-order valence-corrected chi connectivity index (χ1v) is 12.6. The molecule has 0 spiro atoms. The maximum atomic E-state index is 6.29. The molecule has 3 aromatic heterocycles. The lowest BCUT2D eigenvalue weighted by atomic mass is 10.2. The summed E-state index contributed by atoms with van der Waals surface area (Å²) >= 11 is 8.00. The molecule has 34 heavy (non-hydrogen) atoms. The maximum absolute atomic E-state index is 6.29. The second kappa shape index (κ2) is 8.89. The molecular weight excluding hydrogens is 464 g/mol. The van der Waals surface area contributed by atoms with Crippen molar-refractivity contribution in [2.75, 3.05) is 0 Å². The van der Waals surface area contributed by atoms with Crippen LogP contribution < -0.4 is 0 Å². The van der Waals surface area contributed by atoms with Gasteiger partial charge in [-0.2, -0.15) is 0 Å². The number of hydrogen-bond donors (Lipinski definition) is 0. The molecule has 2 aromatic carbocycles. The molecule has 0 bridgehead atoms. The van der Waals surface area contributed by atoms with Gasteiger partial charge in [0.2, 0.25) is 0 Å². The van der Waals surface area contributed by atoms with Crippen molar-refractivity contribution in [3.63, 3.8) is 0 Å². The molecular formula is C26H23ClN6S. The summed E-state index contributed by atoms with van der Waals surface area (Å²) in [6.07, 6.45) is 5.91. The normalized spacial score (nSPS) is 14.5. The van der Waals surface area contributed by atoms with Crippen molar-refractivity contribution >= 4 is 34.4 Å². The molecule has 1 fully saturated rings. The predicted molar refractivity (Wildman–Crippen MR) is 136 cm³/mol. The van der Waals surface area contributed by atoms with Crippen LogP contribution in [0.15, 0.2) is 78.2 Å². The van der Waals surface area contributed by atoms with Crippen LogP contribution in [0.1, 0.15) is 42.4 Å². The van der Waals surface area contributed by atoms with Crippen LogP contribution in [0.2, 0.25) is 5.02 Å². The maximum Gasteiger partial charge on any atom is 0.192 e. The third-order valence-corrected chi connectivity index (χ3v) is 7.37. The number of nitrogens with zero attached hydrogens (tertiary/aromatic N) is 6. The number of fused-ring (bicyclic) bond motifs is 1. The van der Waals surface area contributed by atoms with Crippen LogP contribution in [-0.4, -0.2) is 29.3 Å². The molecule has 1 atom stereocenters. The zero-order valence-electron chi connectivity index (χ0n) is 18.7. The van der Waals surface area contributed by atoms with Crippen molar-refractivity contribution in [1.82, 2.24) is 29.3 Å². The summed E-state index contributed by atoms with van der Waals surface area (Å²) in [5, 5.41) is 10.9. The highest BCUT2D eigenvalue weighted by Gasteiger charge is 2.31. The third kappa shape index (κ3) is 4.10. The summed E-state index contributed by atoms with van der Waals surface area (Å²) in [4.78, 5) is 9.16. The van der Waals surface area contributed by atoms with Crippen LogP contribution in [0.25, 0.3) is 22.4 Å². The number of benzene rings is 2. The Bertz CT molecular complexity index is 1440. The van der Waals surface area contributed by atoms with E-state index in [4.69, 9.17) is 16.6 Å². The van der Waals surface area contributed by atoms with Gasteiger partial charge in [-0.3, -0.25) is 9.55 Å². The molecule has 0 saturated heterocycles. The molecule has 1 aliphatic carbocycles. The van der Waals surface area contributed by atoms with Crippen molar-refractivity contribution in [2.45, 2.75) is 42.8 Å². The largest absolute Gasteiger partial charge is 0.323 e. The minimum Gasteiger partial charge on any atom is -0.323 e. The van der Waals surface area contributed by atoms with E-state index in [-0.39, 0.29) is 5.25 Å². The van der Waals surface area contributed by atoms with E-state index in [0.29, 0.717) is 11.1 Å². The minimum atomic E-state index is 0.0712. The van der Waals surface area contributed by atoms with Crippen molar-refractivity contribution in [3.05, 3.63) is 89.5 Å². The van der Waals surface area contributed by atoms with Gasteiger partial charge in [0.05, 0.1) is 16.3 Å². The van der Waals surface area contributed by atoms with Crippen molar-refractivity contribution in [1.29, 1.82) is 0 Å². The molecule has 8 heteroatoms. The summed E-state index contributed by atoms with van der Waals surface area (Å²) in [6, 6.07) is 20.8. The lowest BCUT2D eigenvalue weighted by molar-refractivity contribution is 0.665. The van der Waals surface area contributed by atoms with E-state index >= 15 is 0 Å². The Morgan fingerprint density at radius 2 is 1.82 bits per heavy atom. The van der Waals surface area contributed by atoms with Crippen LogP contribution in [0.3, 0.4) is 0 Å². The standard InChI is InChI=1S/C26H23ClN6S/c1-17(34-26-31-30-25(33(26)21-8-9-21)19-11-13-28-14-12-19)24-29-22-15-20(27)7-10-23(22)32(24)16-18-5-3-2-4-6-18/h2-7,10-15,17,21H,8-9,16H2,1H3. The van der Waals surface area contributed by atoms with E-state index in [1.54, 1.807) is 24.2 Å². The average molecular weight is 487 g/mol. The SMILES string of the molecule is CC(Sc1nnc(-c2ccncc2)n1C1CC1)c1nc2cc(Cl)ccc2n1Cc1ccccc1. The van der Waals surface area contributed by atoms with E-state index in [1.807, 2.05) is 30.3 Å². The average Bonchev–Trinajstić information content (AvgIpc) is 3.52. The molecule has 0 amide bonds. The quantitative estimate of drug-likeness (QED) is 0.243. The summed E-state index contributed by atoms with van der Waals surface area (Å²) in [7, 11) is 0. The first-order chi connectivity index (χ1) is 16.7. The Labute approximate surface area is 207 Å². The Morgan fingerprint density at radius 3 is 2.59 bits per heavy atom. The smallest absolute Gasteiger partial charge is 0.192 e. The summed E-state index contributed by atoms with van der Waals surface area (Å²) in [5.74, 6) is 1.91. The van der Waals surface area contributed by atoms with Gasteiger partial charge in [0, 0.05) is 35.6 Å².